The minimum atomic E-state index is -0.251. The van der Waals surface area contributed by atoms with Gasteiger partial charge in [0.15, 0.2) is 5.82 Å². The fourth-order valence-corrected chi connectivity index (χ4v) is 4.49. The highest BCUT2D eigenvalue weighted by molar-refractivity contribution is 7.18. The summed E-state index contributed by atoms with van der Waals surface area (Å²) in [5.74, 6) is 0.941. The van der Waals surface area contributed by atoms with Gasteiger partial charge in [-0.05, 0) is 43.4 Å². The summed E-state index contributed by atoms with van der Waals surface area (Å²) in [5, 5.41) is 12.9. The van der Waals surface area contributed by atoms with Gasteiger partial charge in [-0.15, -0.1) is 21.5 Å². The number of fused-ring (bicyclic) bond motifs is 1. The number of aromatic nitrogens is 4. The first-order valence-electron chi connectivity index (χ1n) is 10.2. The van der Waals surface area contributed by atoms with Gasteiger partial charge in [0.05, 0.1) is 11.7 Å². The van der Waals surface area contributed by atoms with E-state index in [1.54, 1.807) is 18.5 Å². The number of benzene rings is 1. The fraction of sp³-hybridized carbons (Fsp3) is 0.227. The zero-order valence-electron chi connectivity index (χ0n) is 17.3. The van der Waals surface area contributed by atoms with Crippen LogP contribution in [0.2, 0.25) is 4.34 Å². The Morgan fingerprint density at radius 1 is 1.06 bits per heavy atom. The molecule has 0 saturated carbocycles. The molecule has 1 aliphatic heterocycles. The number of carbonyl (C=O) groups excluding carboxylic acids is 1. The number of piperazine rings is 1. The molecule has 0 radical (unpaired) electrons. The number of thiazole rings is 1. The molecular weight excluding hydrogens is 446 g/mol. The van der Waals surface area contributed by atoms with E-state index < -0.39 is 0 Å². The number of hydrogen-bond donors (Lipinski definition) is 1. The van der Waals surface area contributed by atoms with Crippen LogP contribution >= 0.6 is 22.9 Å². The molecule has 32 heavy (non-hydrogen) atoms. The van der Waals surface area contributed by atoms with E-state index in [1.807, 2.05) is 30.3 Å². The van der Waals surface area contributed by atoms with Gasteiger partial charge in [0, 0.05) is 48.9 Å². The van der Waals surface area contributed by atoms with Gasteiger partial charge in [-0.3, -0.25) is 4.79 Å². The molecule has 3 aromatic heterocycles. The average molecular weight is 466 g/mol. The van der Waals surface area contributed by atoms with E-state index in [-0.39, 0.29) is 5.91 Å². The summed E-state index contributed by atoms with van der Waals surface area (Å²) >= 11 is 7.42. The standard InChI is InChI=1S/C22H20ClN7OS/c1-29-6-8-30(9-7-29)20-12-14(4-5-24-20)21(31)26-19-11-16-10-15(2-3-17(16)27-28-19)22-25-13-18(23)32-22/h2-5,10-13H,6-9H2,1H3,(H,26,28,31). The maximum absolute atomic E-state index is 12.9. The Morgan fingerprint density at radius 2 is 1.91 bits per heavy atom. The minimum absolute atomic E-state index is 0.251. The number of likely N-dealkylation sites (N-methyl/N-ethyl adjacent to an activating group) is 1. The summed E-state index contributed by atoms with van der Waals surface area (Å²) in [6, 6.07) is 11.1. The number of nitrogens with one attached hydrogen (secondary N) is 1. The van der Waals surface area contributed by atoms with Crippen molar-refractivity contribution in [2.45, 2.75) is 0 Å². The summed E-state index contributed by atoms with van der Waals surface area (Å²) in [7, 11) is 2.11. The van der Waals surface area contributed by atoms with Gasteiger partial charge in [-0.25, -0.2) is 9.97 Å². The van der Waals surface area contributed by atoms with E-state index in [1.165, 1.54) is 11.3 Å². The van der Waals surface area contributed by atoms with Crippen molar-refractivity contribution < 1.29 is 4.79 Å². The molecule has 4 aromatic rings. The smallest absolute Gasteiger partial charge is 0.257 e. The predicted octanol–water partition coefficient (Wildman–Crippen LogP) is 3.81. The highest BCUT2D eigenvalue weighted by Crippen LogP contribution is 2.30. The number of halogens is 1. The molecule has 0 unspecified atom stereocenters. The predicted molar refractivity (Wildman–Crippen MR) is 128 cm³/mol. The van der Waals surface area contributed by atoms with E-state index in [9.17, 15) is 4.79 Å². The number of amides is 1. The second kappa shape index (κ2) is 8.78. The topological polar surface area (TPSA) is 87.1 Å². The average Bonchev–Trinajstić information content (AvgIpc) is 3.25. The first-order chi connectivity index (χ1) is 15.5. The maximum atomic E-state index is 12.9. The Labute approximate surface area is 193 Å². The quantitative estimate of drug-likeness (QED) is 0.490. The van der Waals surface area contributed by atoms with Gasteiger partial charge in [-0.2, -0.15) is 0 Å². The van der Waals surface area contributed by atoms with Crippen molar-refractivity contribution in [2.24, 2.45) is 0 Å². The molecule has 0 spiro atoms. The number of hydrogen-bond acceptors (Lipinski definition) is 8. The molecular formula is C22H20ClN7OS. The van der Waals surface area contributed by atoms with Crippen LogP contribution in [0, 0.1) is 0 Å². The summed E-state index contributed by atoms with van der Waals surface area (Å²) in [6.07, 6.45) is 3.30. The van der Waals surface area contributed by atoms with Gasteiger partial charge in [0.25, 0.3) is 5.91 Å². The summed E-state index contributed by atoms with van der Waals surface area (Å²) in [4.78, 5) is 26.1. The van der Waals surface area contributed by atoms with Crippen molar-refractivity contribution in [3.8, 4) is 10.6 Å². The lowest BCUT2D eigenvalue weighted by atomic mass is 10.1. The Hall–Kier alpha value is -3.14. The Kier molecular flexibility index (Phi) is 5.69. The molecule has 5 rings (SSSR count). The van der Waals surface area contributed by atoms with Crippen LogP contribution in [0.15, 0.2) is 48.8 Å². The van der Waals surface area contributed by atoms with Crippen molar-refractivity contribution in [2.75, 3.05) is 43.4 Å². The lowest BCUT2D eigenvalue weighted by molar-refractivity contribution is 0.102. The van der Waals surface area contributed by atoms with Gasteiger partial charge in [0.2, 0.25) is 0 Å². The first kappa shape index (κ1) is 20.7. The van der Waals surface area contributed by atoms with Crippen LogP contribution in [-0.2, 0) is 0 Å². The molecule has 1 N–H and O–H groups in total. The van der Waals surface area contributed by atoms with Crippen LogP contribution in [0.3, 0.4) is 0 Å². The van der Waals surface area contributed by atoms with Crippen molar-refractivity contribution in [1.82, 2.24) is 25.1 Å². The maximum Gasteiger partial charge on any atom is 0.257 e. The molecule has 8 nitrogen and oxygen atoms in total. The van der Waals surface area contributed by atoms with Gasteiger partial charge >= 0.3 is 0 Å². The molecule has 10 heteroatoms. The summed E-state index contributed by atoms with van der Waals surface area (Å²) in [5.41, 5.74) is 2.20. The van der Waals surface area contributed by atoms with E-state index in [2.05, 4.69) is 42.3 Å². The Morgan fingerprint density at radius 3 is 2.69 bits per heavy atom. The third kappa shape index (κ3) is 4.40. The van der Waals surface area contributed by atoms with Crippen LogP contribution in [0.25, 0.3) is 21.5 Å². The molecule has 1 aromatic carbocycles. The molecule has 0 aliphatic carbocycles. The lowest BCUT2D eigenvalue weighted by Crippen LogP contribution is -2.44. The van der Waals surface area contributed by atoms with Crippen molar-refractivity contribution in [3.63, 3.8) is 0 Å². The van der Waals surface area contributed by atoms with Crippen LogP contribution < -0.4 is 10.2 Å². The number of pyridine rings is 1. The first-order valence-corrected chi connectivity index (χ1v) is 11.3. The molecule has 1 amide bonds. The second-order valence-corrected chi connectivity index (χ2v) is 9.28. The van der Waals surface area contributed by atoms with E-state index in [0.717, 1.165) is 53.5 Å². The number of anilines is 2. The molecule has 1 fully saturated rings. The van der Waals surface area contributed by atoms with Gasteiger partial charge < -0.3 is 15.1 Å². The van der Waals surface area contributed by atoms with Crippen molar-refractivity contribution in [1.29, 1.82) is 0 Å². The zero-order valence-corrected chi connectivity index (χ0v) is 18.9. The molecule has 0 atom stereocenters. The van der Waals surface area contributed by atoms with Crippen molar-refractivity contribution in [3.05, 3.63) is 58.7 Å². The highest BCUT2D eigenvalue weighted by Gasteiger charge is 2.17. The molecule has 1 saturated heterocycles. The third-order valence-corrected chi connectivity index (χ3v) is 6.55. The van der Waals surface area contributed by atoms with Crippen molar-refractivity contribution >= 4 is 51.4 Å². The second-order valence-electron chi connectivity index (χ2n) is 7.62. The molecule has 1 aliphatic rings. The molecule has 0 bridgehead atoms. The van der Waals surface area contributed by atoms with Crippen LogP contribution in [0.4, 0.5) is 11.6 Å². The van der Waals surface area contributed by atoms with Gasteiger partial charge in [-0.1, -0.05) is 11.6 Å². The Bertz CT molecular complexity index is 1290. The summed E-state index contributed by atoms with van der Waals surface area (Å²) in [6.45, 7) is 3.72. The molecule has 162 valence electrons. The summed E-state index contributed by atoms with van der Waals surface area (Å²) < 4.78 is 0.634. The SMILES string of the molecule is CN1CCN(c2cc(C(=O)Nc3cc4cc(-c5ncc(Cl)s5)ccc4nn3)ccn2)CC1. The third-order valence-electron chi connectivity index (χ3n) is 5.39. The number of carbonyl (C=O) groups is 1. The van der Waals surface area contributed by atoms with E-state index >= 15 is 0 Å². The molecule has 4 heterocycles. The Balaban J connectivity index is 1.36. The normalized spacial score (nSPS) is 14.6. The highest BCUT2D eigenvalue weighted by atomic mass is 35.5. The fourth-order valence-electron chi connectivity index (χ4n) is 3.58. The largest absolute Gasteiger partial charge is 0.354 e. The monoisotopic (exact) mass is 465 g/mol. The number of rotatable bonds is 4. The van der Waals surface area contributed by atoms with Crippen LogP contribution in [0.1, 0.15) is 10.4 Å². The minimum Gasteiger partial charge on any atom is -0.354 e. The van der Waals surface area contributed by atoms with E-state index in [0.29, 0.717) is 15.7 Å². The van der Waals surface area contributed by atoms with Crippen LogP contribution in [0.5, 0.6) is 0 Å². The van der Waals surface area contributed by atoms with Gasteiger partial charge in [0.1, 0.15) is 15.2 Å². The van der Waals surface area contributed by atoms with E-state index in [4.69, 9.17) is 11.6 Å². The lowest BCUT2D eigenvalue weighted by Gasteiger charge is -2.33. The number of nitrogens with zero attached hydrogens (tertiary/aromatic N) is 6. The zero-order chi connectivity index (χ0) is 22.1. The van der Waals surface area contributed by atoms with Crippen LogP contribution in [-0.4, -0.2) is 64.2 Å².